The molecule has 0 rings (SSSR count). The Morgan fingerprint density at radius 1 is 1.47 bits per heavy atom. The lowest BCUT2D eigenvalue weighted by Gasteiger charge is -2.28. The Hall–Kier alpha value is -1.09. The summed E-state index contributed by atoms with van der Waals surface area (Å²) in [5.74, 6) is -0.00266. The van der Waals surface area contributed by atoms with Gasteiger partial charge in [0.1, 0.15) is 0 Å². The van der Waals surface area contributed by atoms with Crippen molar-refractivity contribution in [3.63, 3.8) is 0 Å². The maximum absolute atomic E-state index is 12.5. The molecular weight excluding hydrogens is 243 g/mol. The minimum absolute atomic E-state index is 0.00266. The summed E-state index contributed by atoms with van der Waals surface area (Å²) in [5.41, 5.74) is 5.50. The first-order chi connectivity index (χ1) is 7.83. The molecule has 0 aromatic rings. The fourth-order valence-electron chi connectivity index (χ4n) is 1.19. The molecule has 0 spiro atoms. The van der Waals surface area contributed by atoms with Crippen LogP contribution in [-0.2, 0) is 13.6 Å². The van der Waals surface area contributed by atoms with Crippen molar-refractivity contribution < 1.29 is 18.6 Å². The molecule has 4 N–H and O–H groups in total. The van der Waals surface area contributed by atoms with Crippen LogP contribution in [0.2, 0.25) is 0 Å². The van der Waals surface area contributed by atoms with Gasteiger partial charge in [0, 0.05) is 0 Å². The van der Waals surface area contributed by atoms with Crippen LogP contribution in [-0.4, -0.2) is 24.5 Å². The molecule has 0 radical (unpaired) electrons. The fraction of sp³-hybridized carbons (Fsp3) is 0.778. The highest BCUT2D eigenvalue weighted by Crippen LogP contribution is 2.56. The van der Waals surface area contributed by atoms with Crippen LogP contribution in [0.1, 0.15) is 27.7 Å². The summed E-state index contributed by atoms with van der Waals surface area (Å²) in [4.78, 5) is 2.72. The topological polar surface area (TPSA) is 111 Å². The van der Waals surface area contributed by atoms with Crippen LogP contribution < -0.4 is 16.0 Å². The van der Waals surface area contributed by atoms with E-state index in [-0.39, 0.29) is 19.2 Å². The minimum atomic E-state index is -3.36. The first kappa shape index (κ1) is 15.9. The zero-order valence-corrected chi connectivity index (χ0v) is 11.5. The van der Waals surface area contributed by atoms with Crippen molar-refractivity contribution in [2.75, 3.05) is 13.2 Å². The number of guanidine groups is 1. The second-order valence-corrected chi connectivity index (χ2v) is 6.30. The minimum Gasteiger partial charge on any atom is -0.306 e. The molecule has 0 aliphatic heterocycles. The standard InChI is InChI=1S/C9H19N4O3P/c1-5-15-17(14,16-6-2)9(3,4)13-8(11)12-7-10/h5-6H2,1-4H3,(H3,11,12,13)/p+1. The van der Waals surface area contributed by atoms with Gasteiger partial charge in [-0.3, -0.25) is 15.3 Å². The zero-order chi connectivity index (χ0) is 13.5. The predicted octanol–water partition coefficient (Wildman–Crippen LogP) is -0.545. The maximum Gasteiger partial charge on any atom is 0.369 e. The third-order valence-corrected chi connectivity index (χ3v) is 4.59. The summed E-state index contributed by atoms with van der Waals surface area (Å²) in [7, 11) is -3.36. The molecule has 98 valence electrons. The van der Waals surface area contributed by atoms with Crippen molar-refractivity contribution in [2.24, 2.45) is 5.73 Å². The predicted molar refractivity (Wildman–Crippen MR) is 63.8 cm³/mol. The smallest absolute Gasteiger partial charge is 0.306 e. The molecule has 0 aliphatic rings. The second kappa shape index (κ2) is 6.60. The number of rotatable bonds is 6. The molecule has 0 bridgehead atoms. The van der Waals surface area contributed by atoms with Crippen molar-refractivity contribution in [3.05, 3.63) is 0 Å². The Labute approximate surface area is 102 Å². The lowest BCUT2D eigenvalue weighted by Crippen LogP contribution is -2.88. The van der Waals surface area contributed by atoms with Crippen LogP contribution >= 0.6 is 7.60 Å². The average molecular weight is 263 g/mol. The number of hydrogen-bond donors (Lipinski definition) is 3. The van der Waals surface area contributed by atoms with E-state index in [0.29, 0.717) is 0 Å². The molecule has 0 amide bonds. The number of nitrogens with one attached hydrogen (secondary N) is 2. The van der Waals surface area contributed by atoms with Crippen LogP contribution in [0.5, 0.6) is 0 Å². The Morgan fingerprint density at radius 2 is 1.94 bits per heavy atom. The average Bonchev–Trinajstić information content (AvgIpc) is 2.17. The molecule has 17 heavy (non-hydrogen) atoms. The Morgan fingerprint density at radius 3 is 2.29 bits per heavy atom. The fourth-order valence-corrected chi connectivity index (χ4v) is 2.85. The van der Waals surface area contributed by atoms with E-state index in [4.69, 9.17) is 20.0 Å². The van der Waals surface area contributed by atoms with Crippen LogP contribution in [0.15, 0.2) is 0 Å². The third kappa shape index (κ3) is 4.35. The molecule has 0 saturated carbocycles. The number of hydrogen-bond acceptors (Lipinski definition) is 4. The summed E-state index contributed by atoms with van der Waals surface area (Å²) in [6.45, 7) is 7.22. The lowest BCUT2D eigenvalue weighted by atomic mass is 10.4. The lowest BCUT2D eigenvalue weighted by molar-refractivity contribution is -0.520. The quantitative estimate of drug-likeness (QED) is 0.195. The monoisotopic (exact) mass is 263 g/mol. The largest absolute Gasteiger partial charge is 0.369 e. The first-order valence-corrected chi connectivity index (χ1v) is 6.82. The van der Waals surface area contributed by atoms with Gasteiger partial charge in [0.25, 0.3) is 6.19 Å². The van der Waals surface area contributed by atoms with Crippen molar-refractivity contribution >= 4 is 13.6 Å². The number of nitrogens with two attached hydrogens (primary N) is 1. The van der Waals surface area contributed by atoms with E-state index < -0.39 is 12.9 Å². The number of nitriles is 1. The van der Waals surface area contributed by atoms with Crippen molar-refractivity contribution in [1.29, 1.82) is 5.26 Å². The van der Waals surface area contributed by atoms with E-state index in [9.17, 15) is 4.57 Å². The van der Waals surface area contributed by atoms with Crippen LogP contribution in [0.4, 0.5) is 0 Å². The third-order valence-electron chi connectivity index (χ3n) is 1.91. The van der Waals surface area contributed by atoms with Crippen LogP contribution in [0.25, 0.3) is 0 Å². The van der Waals surface area contributed by atoms with Gasteiger partial charge in [-0.15, -0.1) is 0 Å². The number of nitrogens with zero attached hydrogens (tertiary/aromatic N) is 1. The van der Waals surface area contributed by atoms with Gasteiger partial charge < -0.3 is 9.05 Å². The molecule has 8 heteroatoms. The van der Waals surface area contributed by atoms with Gasteiger partial charge in [0.2, 0.25) is 0 Å². The van der Waals surface area contributed by atoms with Crippen molar-refractivity contribution in [1.82, 2.24) is 5.32 Å². The van der Waals surface area contributed by atoms with E-state index >= 15 is 0 Å². The molecule has 0 aromatic carbocycles. The second-order valence-electron chi connectivity index (χ2n) is 3.67. The molecule has 7 nitrogen and oxygen atoms in total. The SMILES string of the molecule is CCOP(=O)(OCC)C(C)(C)[NH+]=C(N)NC#N. The van der Waals surface area contributed by atoms with Crippen molar-refractivity contribution in [2.45, 2.75) is 33.0 Å². The van der Waals surface area contributed by atoms with Gasteiger partial charge in [-0.1, -0.05) is 0 Å². The van der Waals surface area contributed by atoms with E-state index in [1.165, 1.54) is 0 Å². The van der Waals surface area contributed by atoms with Gasteiger partial charge in [-0.2, -0.15) is 10.6 Å². The normalized spacial score (nSPS) is 13.2. The molecule has 0 aromatic heterocycles. The van der Waals surface area contributed by atoms with Crippen LogP contribution in [0.3, 0.4) is 0 Å². The van der Waals surface area contributed by atoms with Crippen LogP contribution in [0, 0.1) is 11.5 Å². The molecule has 0 atom stereocenters. The van der Waals surface area contributed by atoms with E-state index in [2.05, 4.69) is 10.3 Å². The summed E-state index contributed by atoms with van der Waals surface area (Å²) in [6, 6.07) is 0. The Balaban J connectivity index is 5.16. The Bertz CT molecular complexity index is 352. The first-order valence-electron chi connectivity index (χ1n) is 5.28. The zero-order valence-electron chi connectivity index (χ0n) is 10.6. The van der Waals surface area contributed by atoms with Crippen molar-refractivity contribution in [3.8, 4) is 6.19 Å². The van der Waals surface area contributed by atoms with E-state index in [0.717, 1.165) is 0 Å². The molecule has 0 aliphatic carbocycles. The highest BCUT2D eigenvalue weighted by Gasteiger charge is 2.45. The van der Waals surface area contributed by atoms with E-state index in [1.807, 2.05) is 0 Å². The molecule has 0 unspecified atom stereocenters. The molecule has 0 fully saturated rings. The highest BCUT2D eigenvalue weighted by atomic mass is 31.2. The Kier molecular flexibility index (Phi) is 6.18. The van der Waals surface area contributed by atoms with Gasteiger partial charge in [-0.05, 0) is 27.7 Å². The maximum atomic E-state index is 12.5. The highest BCUT2D eigenvalue weighted by molar-refractivity contribution is 7.55. The van der Waals surface area contributed by atoms with Gasteiger partial charge in [0.15, 0.2) is 5.28 Å². The molecule has 0 heterocycles. The van der Waals surface area contributed by atoms with Gasteiger partial charge in [-0.25, -0.2) is 0 Å². The van der Waals surface area contributed by atoms with Gasteiger partial charge in [0.05, 0.1) is 13.2 Å². The molecular formula is C9H20N4O3P+. The molecule has 0 saturated heterocycles. The summed E-state index contributed by atoms with van der Waals surface area (Å²) in [5, 5.41) is 9.59. The summed E-state index contributed by atoms with van der Waals surface area (Å²) >= 11 is 0. The summed E-state index contributed by atoms with van der Waals surface area (Å²) < 4.78 is 22.9. The van der Waals surface area contributed by atoms with E-state index in [1.54, 1.807) is 33.9 Å². The summed E-state index contributed by atoms with van der Waals surface area (Å²) in [6.07, 6.45) is 1.66. The van der Waals surface area contributed by atoms with Gasteiger partial charge >= 0.3 is 13.6 Å².